The van der Waals surface area contributed by atoms with Crippen molar-refractivity contribution in [1.82, 2.24) is 20.8 Å². The molecule has 8 heteroatoms. The molecule has 2 rings (SSSR count). The molecular formula is C15H18N4O4. The maximum absolute atomic E-state index is 11.4. The number of methoxy groups -OCH3 is 1. The Morgan fingerprint density at radius 1 is 1.30 bits per heavy atom. The zero-order valence-corrected chi connectivity index (χ0v) is 12.7. The van der Waals surface area contributed by atoms with E-state index < -0.39 is 0 Å². The van der Waals surface area contributed by atoms with E-state index in [-0.39, 0.29) is 19.2 Å². The lowest BCUT2D eigenvalue weighted by Crippen LogP contribution is -2.35. The van der Waals surface area contributed by atoms with Crippen LogP contribution in [0.4, 0.5) is 4.79 Å². The average molecular weight is 318 g/mol. The third kappa shape index (κ3) is 5.34. The summed E-state index contributed by atoms with van der Waals surface area (Å²) in [7, 11) is 1.60. The molecule has 0 saturated carbocycles. The number of aromatic nitrogens is 2. The van der Waals surface area contributed by atoms with Crippen molar-refractivity contribution in [1.29, 1.82) is 0 Å². The molecule has 2 aromatic rings. The second-order valence-corrected chi connectivity index (χ2v) is 4.42. The third-order valence-electron chi connectivity index (χ3n) is 2.74. The third-order valence-corrected chi connectivity index (χ3v) is 2.74. The lowest BCUT2D eigenvalue weighted by Gasteiger charge is -2.04. The highest BCUT2D eigenvalue weighted by atomic mass is 16.5. The molecule has 1 heterocycles. The van der Waals surface area contributed by atoms with Crippen LogP contribution in [0, 0.1) is 0 Å². The monoisotopic (exact) mass is 318 g/mol. The first-order valence-electron chi connectivity index (χ1n) is 6.92. The van der Waals surface area contributed by atoms with Crippen molar-refractivity contribution in [3.63, 3.8) is 0 Å². The Kier molecular flexibility index (Phi) is 5.98. The molecule has 1 aromatic carbocycles. The van der Waals surface area contributed by atoms with Crippen LogP contribution in [0.15, 0.2) is 41.4 Å². The van der Waals surface area contributed by atoms with Gasteiger partial charge in [0.1, 0.15) is 11.5 Å². The maximum Gasteiger partial charge on any atom is 0.315 e. The molecule has 0 radical (unpaired) electrons. The summed E-state index contributed by atoms with van der Waals surface area (Å²) in [5.41, 5.74) is 0. The van der Waals surface area contributed by atoms with E-state index in [1.807, 2.05) is 0 Å². The van der Waals surface area contributed by atoms with E-state index in [0.717, 1.165) is 5.75 Å². The summed E-state index contributed by atoms with van der Waals surface area (Å²) in [5, 5.41) is 8.94. The van der Waals surface area contributed by atoms with Gasteiger partial charge < -0.3 is 24.6 Å². The minimum Gasteiger partial charge on any atom is -0.497 e. The lowest BCUT2D eigenvalue weighted by molar-refractivity contribution is 0.239. The number of nitrogens with zero attached hydrogens (tertiary/aromatic N) is 2. The molecule has 0 aliphatic heterocycles. The Balaban J connectivity index is 1.77. The number of urea groups is 1. The Labute approximate surface area is 133 Å². The smallest absolute Gasteiger partial charge is 0.315 e. The van der Waals surface area contributed by atoms with E-state index in [1.165, 1.54) is 0 Å². The van der Waals surface area contributed by atoms with Gasteiger partial charge in [-0.1, -0.05) is 11.2 Å². The number of rotatable bonds is 8. The number of amides is 2. The highest BCUT2D eigenvalue weighted by Gasteiger charge is 2.08. The first-order chi connectivity index (χ1) is 11.2. The SMILES string of the molecule is C=CCNC(=O)NCc1nc(COc2ccc(OC)cc2)no1. The van der Waals surface area contributed by atoms with Gasteiger partial charge in [-0.25, -0.2) is 4.79 Å². The molecule has 0 saturated heterocycles. The van der Waals surface area contributed by atoms with Gasteiger partial charge in [-0.05, 0) is 24.3 Å². The fourth-order valence-corrected chi connectivity index (χ4v) is 1.62. The number of hydrogen-bond donors (Lipinski definition) is 2. The summed E-state index contributed by atoms with van der Waals surface area (Å²) in [6.07, 6.45) is 1.58. The standard InChI is InChI=1S/C15H18N4O4/c1-3-8-16-15(20)17-9-14-18-13(19-23-14)10-22-12-6-4-11(21-2)5-7-12/h3-7H,1,8-10H2,2H3,(H2,16,17,20). The number of carbonyl (C=O) groups excluding carboxylic acids is 1. The maximum atomic E-state index is 11.4. The Morgan fingerprint density at radius 3 is 2.74 bits per heavy atom. The van der Waals surface area contributed by atoms with Crippen LogP contribution in [-0.2, 0) is 13.2 Å². The molecule has 0 atom stereocenters. The zero-order valence-electron chi connectivity index (χ0n) is 12.7. The molecule has 122 valence electrons. The molecular weight excluding hydrogens is 300 g/mol. The highest BCUT2D eigenvalue weighted by Crippen LogP contribution is 2.17. The molecule has 0 spiro atoms. The number of ether oxygens (including phenoxy) is 2. The number of benzene rings is 1. The molecule has 8 nitrogen and oxygen atoms in total. The molecule has 0 unspecified atom stereocenters. The van der Waals surface area contributed by atoms with Crippen LogP contribution < -0.4 is 20.1 Å². The van der Waals surface area contributed by atoms with E-state index in [4.69, 9.17) is 14.0 Å². The van der Waals surface area contributed by atoms with Crippen molar-refractivity contribution in [2.24, 2.45) is 0 Å². The number of carbonyl (C=O) groups is 1. The fourth-order valence-electron chi connectivity index (χ4n) is 1.62. The molecule has 1 aromatic heterocycles. The van der Waals surface area contributed by atoms with Crippen LogP contribution in [0.3, 0.4) is 0 Å². The Hall–Kier alpha value is -3.03. The van der Waals surface area contributed by atoms with Gasteiger partial charge in [0.25, 0.3) is 0 Å². The minimum absolute atomic E-state index is 0.137. The summed E-state index contributed by atoms with van der Waals surface area (Å²) in [6.45, 7) is 4.19. The summed E-state index contributed by atoms with van der Waals surface area (Å²) in [6, 6.07) is 6.82. The summed E-state index contributed by atoms with van der Waals surface area (Å²) in [4.78, 5) is 15.5. The van der Waals surface area contributed by atoms with Crippen LogP contribution in [0.5, 0.6) is 11.5 Å². The Morgan fingerprint density at radius 2 is 2.04 bits per heavy atom. The molecule has 2 N–H and O–H groups in total. The van der Waals surface area contributed by atoms with Gasteiger partial charge >= 0.3 is 6.03 Å². The second-order valence-electron chi connectivity index (χ2n) is 4.42. The summed E-state index contributed by atoms with van der Waals surface area (Å²) >= 11 is 0. The Bertz CT molecular complexity index is 639. The van der Waals surface area contributed by atoms with Gasteiger partial charge in [-0.15, -0.1) is 6.58 Å². The van der Waals surface area contributed by atoms with E-state index >= 15 is 0 Å². The lowest BCUT2D eigenvalue weighted by atomic mass is 10.3. The van der Waals surface area contributed by atoms with E-state index in [2.05, 4.69) is 27.4 Å². The zero-order chi connectivity index (χ0) is 16.5. The number of nitrogens with one attached hydrogen (secondary N) is 2. The van der Waals surface area contributed by atoms with E-state index in [1.54, 1.807) is 37.5 Å². The average Bonchev–Trinajstić information content (AvgIpc) is 3.04. The van der Waals surface area contributed by atoms with Crippen molar-refractivity contribution in [2.75, 3.05) is 13.7 Å². The van der Waals surface area contributed by atoms with Crippen LogP contribution in [0.2, 0.25) is 0 Å². The van der Waals surface area contributed by atoms with Gasteiger partial charge in [0, 0.05) is 6.54 Å². The van der Waals surface area contributed by atoms with E-state index in [0.29, 0.717) is 24.0 Å². The first kappa shape index (κ1) is 16.3. The molecule has 0 aliphatic carbocycles. The van der Waals surface area contributed by atoms with Gasteiger partial charge in [-0.2, -0.15) is 4.98 Å². The van der Waals surface area contributed by atoms with Crippen molar-refractivity contribution in [2.45, 2.75) is 13.2 Å². The summed E-state index contributed by atoms with van der Waals surface area (Å²) < 4.78 is 15.6. The molecule has 23 heavy (non-hydrogen) atoms. The van der Waals surface area contributed by atoms with Crippen molar-refractivity contribution in [3.8, 4) is 11.5 Å². The normalized spacial score (nSPS) is 9.96. The largest absolute Gasteiger partial charge is 0.497 e. The van der Waals surface area contributed by atoms with Gasteiger partial charge in [0.05, 0.1) is 13.7 Å². The first-order valence-corrected chi connectivity index (χ1v) is 6.92. The minimum atomic E-state index is -0.334. The highest BCUT2D eigenvalue weighted by molar-refractivity contribution is 5.73. The molecule has 2 amide bonds. The summed E-state index contributed by atoms with van der Waals surface area (Å²) in [5.74, 6) is 2.11. The van der Waals surface area contributed by atoms with Crippen LogP contribution in [-0.4, -0.2) is 29.8 Å². The van der Waals surface area contributed by atoms with Gasteiger partial charge in [-0.3, -0.25) is 0 Å². The topological polar surface area (TPSA) is 98.5 Å². The van der Waals surface area contributed by atoms with E-state index in [9.17, 15) is 4.79 Å². The molecule has 0 fully saturated rings. The van der Waals surface area contributed by atoms with Gasteiger partial charge in [0.2, 0.25) is 11.7 Å². The van der Waals surface area contributed by atoms with Gasteiger partial charge in [0.15, 0.2) is 6.61 Å². The quantitative estimate of drug-likeness (QED) is 0.718. The predicted molar refractivity (Wildman–Crippen MR) is 82.1 cm³/mol. The van der Waals surface area contributed by atoms with Crippen molar-refractivity contribution >= 4 is 6.03 Å². The number of hydrogen-bond acceptors (Lipinski definition) is 6. The van der Waals surface area contributed by atoms with Crippen LogP contribution in [0.25, 0.3) is 0 Å². The van der Waals surface area contributed by atoms with Crippen molar-refractivity contribution < 1.29 is 18.8 Å². The molecule has 0 bridgehead atoms. The van der Waals surface area contributed by atoms with Crippen LogP contribution >= 0.6 is 0 Å². The predicted octanol–water partition coefficient (Wildman–Crippen LogP) is 1.64. The van der Waals surface area contributed by atoms with Crippen molar-refractivity contribution in [3.05, 3.63) is 48.6 Å². The fraction of sp³-hybridized carbons (Fsp3) is 0.267. The second kappa shape index (κ2) is 8.42. The van der Waals surface area contributed by atoms with Crippen LogP contribution in [0.1, 0.15) is 11.7 Å². The molecule has 0 aliphatic rings.